The summed E-state index contributed by atoms with van der Waals surface area (Å²) in [5.74, 6) is -0.191. The second-order valence-corrected chi connectivity index (χ2v) is 8.85. The third-order valence-corrected chi connectivity index (χ3v) is 6.50. The van der Waals surface area contributed by atoms with Gasteiger partial charge in [-0.25, -0.2) is 19.7 Å². The third-order valence-electron chi connectivity index (χ3n) is 6.50. The monoisotopic (exact) mass is 487 g/mol. The molecule has 0 radical (unpaired) electrons. The van der Waals surface area contributed by atoms with E-state index in [4.69, 9.17) is 0 Å². The van der Waals surface area contributed by atoms with Gasteiger partial charge in [0.05, 0.1) is 17.4 Å². The molecule has 35 heavy (non-hydrogen) atoms. The normalized spacial score (nSPS) is 20.3. The van der Waals surface area contributed by atoms with Crippen molar-refractivity contribution in [2.45, 2.75) is 38.4 Å². The number of urea groups is 1. The molecule has 0 aromatic carbocycles. The molecule has 1 aliphatic carbocycles. The molecule has 12 heteroatoms. The number of nitrogens with one attached hydrogen (secondary N) is 2. The number of rotatable bonds is 4. The summed E-state index contributed by atoms with van der Waals surface area (Å²) in [5, 5.41) is 4.57. The van der Waals surface area contributed by atoms with E-state index in [9.17, 15) is 22.8 Å². The number of carbonyl (C=O) groups is 2. The van der Waals surface area contributed by atoms with E-state index in [0.717, 1.165) is 24.1 Å². The molecular formula is C23H24F3N7O2. The maximum Gasteiger partial charge on any atom is 0.405 e. The number of amides is 3. The zero-order valence-corrected chi connectivity index (χ0v) is 19.0. The number of pyridine rings is 1. The first-order valence-electron chi connectivity index (χ1n) is 11.5. The summed E-state index contributed by atoms with van der Waals surface area (Å²) in [6.07, 6.45) is 3.68. The van der Waals surface area contributed by atoms with Crippen LogP contribution in [-0.2, 0) is 6.42 Å². The van der Waals surface area contributed by atoms with Crippen molar-refractivity contribution in [2.24, 2.45) is 5.92 Å². The predicted octanol–water partition coefficient (Wildman–Crippen LogP) is 3.39. The van der Waals surface area contributed by atoms with Crippen LogP contribution in [0.25, 0.3) is 6.08 Å². The number of halogens is 3. The average Bonchev–Trinajstić information content (AvgIpc) is 3.25. The molecule has 1 fully saturated rings. The van der Waals surface area contributed by atoms with Crippen molar-refractivity contribution in [3.63, 3.8) is 0 Å². The van der Waals surface area contributed by atoms with Crippen molar-refractivity contribution < 1.29 is 22.8 Å². The van der Waals surface area contributed by atoms with Crippen molar-refractivity contribution >= 4 is 35.5 Å². The molecule has 2 N–H and O–H groups in total. The molecule has 4 heterocycles. The number of hydrogen-bond acceptors (Lipinski definition) is 6. The molecule has 9 nitrogen and oxygen atoms in total. The summed E-state index contributed by atoms with van der Waals surface area (Å²) < 4.78 is 37.6. The van der Waals surface area contributed by atoms with Crippen LogP contribution in [0.4, 0.5) is 35.4 Å². The molecule has 2 aliphatic heterocycles. The van der Waals surface area contributed by atoms with Crippen LogP contribution >= 0.6 is 0 Å². The van der Waals surface area contributed by atoms with E-state index in [1.54, 1.807) is 12.3 Å². The third kappa shape index (κ3) is 4.64. The lowest BCUT2D eigenvalue weighted by Gasteiger charge is -2.35. The molecule has 184 valence electrons. The SMILES string of the molecule is CCC1C=Cc2cnc(NC(=O)N3c4nc(C(=O)NCC(F)(F)F)ccc4N4CCC3C4)nc2C1. The lowest BCUT2D eigenvalue weighted by molar-refractivity contribution is -0.123. The first-order valence-corrected chi connectivity index (χ1v) is 11.5. The van der Waals surface area contributed by atoms with Gasteiger partial charge < -0.3 is 10.2 Å². The van der Waals surface area contributed by atoms with Gasteiger partial charge in [0, 0.05) is 24.8 Å². The van der Waals surface area contributed by atoms with Crippen LogP contribution in [0.15, 0.2) is 24.4 Å². The molecule has 0 spiro atoms. The minimum absolute atomic E-state index is 0.167. The number of hydrogen-bond donors (Lipinski definition) is 2. The summed E-state index contributed by atoms with van der Waals surface area (Å²) in [6.45, 7) is 1.93. The quantitative estimate of drug-likeness (QED) is 0.686. The van der Waals surface area contributed by atoms with Gasteiger partial charge in [0.1, 0.15) is 12.2 Å². The lowest BCUT2D eigenvalue weighted by atomic mass is 9.92. The van der Waals surface area contributed by atoms with Gasteiger partial charge in [0.15, 0.2) is 5.82 Å². The number of carbonyl (C=O) groups excluding carboxylic acids is 2. The first kappa shape index (κ1) is 23.1. The Morgan fingerprint density at radius 1 is 1.23 bits per heavy atom. The van der Waals surface area contributed by atoms with E-state index in [-0.39, 0.29) is 23.5 Å². The largest absolute Gasteiger partial charge is 0.405 e. The molecule has 2 atom stereocenters. The van der Waals surface area contributed by atoms with Gasteiger partial charge in [0.2, 0.25) is 5.95 Å². The van der Waals surface area contributed by atoms with E-state index in [2.05, 4.69) is 33.3 Å². The Kier molecular flexibility index (Phi) is 5.81. The van der Waals surface area contributed by atoms with E-state index in [1.807, 2.05) is 16.3 Å². The van der Waals surface area contributed by atoms with E-state index in [0.29, 0.717) is 31.1 Å². The zero-order chi connectivity index (χ0) is 24.7. The van der Waals surface area contributed by atoms with Gasteiger partial charge in [-0.1, -0.05) is 19.1 Å². The summed E-state index contributed by atoms with van der Waals surface area (Å²) in [4.78, 5) is 42.2. The second kappa shape index (κ2) is 8.82. The molecule has 2 bridgehead atoms. The van der Waals surface area contributed by atoms with Crippen LogP contribution < -0.4 is 20.4 Å². The van der Waals surface area contributed by atoms with Crippen molar-refractivity contribution in [2.75, 3.05) is 34.8 Å². The van der Waals surface area contributed by atoms with Gasteiger partial charge in [-0.05, 0) is 37.3 Å². The number of aromatic nitrogens is 3. The lowest BCUT2D eigenvalue weighted by Crippen LogP contribution is -2.48. The Balaban J connectivity index is 1.39. The van der Waals surface area contributed by atoms with Crippen molar-refractivity contribution in [1.82, 2.24) is 20.3 Å². The highest BCUT2D eigenvalue weighted by Crippen LogP contribution is 2.39. The predicted molar refractivity (Wildman–Crippen MR) is 123 cm³/mol. The standard InChI is InChI=1S/C23H24F3N7O2/c1-2-13-3-4-14-10-27-21(30-17(14)9-13)31-22(35)33-15-7-8-32(11-15)18-6-5-16(29-19(18)33)20(34)28-12-23(24,25)26/h3-6,10,13,15H,2,7-9,11-12H2,1H3,(H,28,34)(H,27,30,31,35). The Bertz CT molecular complexity index is 1200. The van der Waals surface area contributed by atoms with Gasteiger partial charge in [-0.15, -0.1) is 0 Å². The molecule has 3 amide bonds. The van der Waals surface area contributed by atoms with Crippen LogP contribution in [0.3, 0.4) is 0 Å². The van der Waals surface area contributed by atoms with Gasteiger partial charge in [-0.2, -0.15) is 13.2 Å². The van der Waals surface area contributed by atoms with Crippen molar-refractivity contribution in [1.29, 1.82) is 0 Å². The average molecular weight is 487 g/mol. The summed E-state index contributed by atoms with van der Waals surface area (Å²) in [5.41, 5.74) is 2.22. The first-order chi connectivity index (χ1) is 16.7. The molecule has 2 aromatic rings. The molecule has 5 rings (SSSR count). The summed E-state index contributed by atoms with van der Waals surface area (Å²) in [6, 6.07) is 2.27. The molecule has 2 aromatic heterocycles. The minimum Gasteiger partial charge on any atom is -0.366 e. The molecule has 3 aliphatic rings. The Morgan fingerprint density at radius 3 is 2.83 bits per heavy atom. The summed E-state index contributed by atoms with van der Waals surface area (Å²) >= 11 is 0. The van der Waals surface area contributed by atoms with E-state index in [1.165, 1.54) is 11.0 Å². The van der Waals surface area contributed by atoms with Gasteiger partial charge in [-0.3, -0.25) is 15.0 Å². The fourth-order valence-corrected chi connectivity index (χ4v) is 4.65. The highest BCUT2D eigenvalue weighted by molar-refractivity contribution is 6.04. The number of fused-ring (bicyclic) bond motifs is 5. The maximum absolute atomic E-state index is 13.4. The van der Waals surface area contributed by atoms with Crippen molar-refractivity contribution in [3.8, 4) is 0 Å². The fraction of sp³-hybridized carbons (Fsp3) is 0.435. The molecule has 2 unspecified atom stereocenters. The minimum atomic E-state index is -4.54. The maximum atomic E-state index is 13.4. The topological polar surface area (TPSA) is 103 Å². The van der Waals surface area contributed by atoms with Crippen LogP contribution in [0.1, 0.15) is 41.5 Å². The van der Waals surface area contributed by atoms with E-state index >= 15 is 0 Å². The highest BCUT2D eigenvalue weighted by Gasteiger charge is 2.41. The Labute approximate surface area is 199 Å². The van der Waals surface area contributed by atoms with Crippen LogP contribution in [0, 0.1) is 5.92 Å². The Morgan fingerprint density at radius 2 is 2.06 bits per heavy atom. The van der Waals surface area contributed by atoms with Crippen LogP contribution in [0.5, 0.6) is 0 Å². The fourth-order valence-electron chi connectivity index (χ4n) is 4.65. The molecule has 0 saturated carbocycles. The number of nitrogens with zero attached hydrogens (tertiary/aromatic N) is 5. The van der Waals surface area contributed by atoms with E-state index < -0.39 is 24.7 Å². The number of alkyl halides is 3. The van der Waals surface area contributed by atoms with Gasteiger partial charge in [0.25, 0.3) is 5.91 Å². The number of allylic oxidation sites excluding steroid dienone is 1. The summed E-state index contributed by atoms with van der Waals surface area (Å²) in [7, 11) is 0. The van der Waals surface area contributed by atoms with Crippen LogP contribution in [-0.4, -0.2) is 58.7 Å². The Hall–Kier alpha value is -3.70. The van der Waals surface area contributed by atoms with Gasteiger partial charge >= 0.3 is 12.2 Å². The molecule has 1 saturated heterocycles. The zero-order valence-electron chi connectivity index (χ0n) is 19.0. The number of anilines is 3. The van der Waals surface area contributed by atoms with Crippen LogP contribution in [0.2, 0.25) is 0 Å². The van der Waals surface area contributed by atoms with Crippen molar-refractivity contribution in [3.05, 3.63) is 41.4 Å². The molecular weight excluding hydrogens is 463 g/mol. The highest BCUT2D eigenvalue weighted by atomic mass is 19.4. The smallest absolute Gasteiger partial charge is 0.366 e. The second-order valence-electron chi connectivity index (χ2n) is 8.85.